The summed E-state index contributed by atoms with van der Waals surface area (Å²) in [4.78, 5) is 18.1. The zero-order chi connectivity index (χ0) is 31.0. The Kier molecular flexibility index (Phi) is 6.01. The predicted octanol–water partition coefficient (Wildman–Crippen LogP) is 5.52. The summed E-state index contributed by atoms with van der Waals surface area (Å²) in [7, 11) is 0. The minimum absolute atomic E-state index is 0.00442. The van der Waals surface area contributed by atoms with Crippen molar-refractivity contribution >= 4 is 27.5 Å². The first-order valence-corrected chi connectivity index (χ1v) is 15.0. The first-order chi connectivity index (χ1) is 21.8. The topological polar surface area (TPSA) is 83.8 Å². The molecule has 11 heteroatoms. The van der Waals surface area contributed by atoms with Crippen LogP contribution in [0.1, 0.15) is 45.5 Å². The number of fused-ring (bicyclic) bond motifs is 4. The molecule has 2 aromatic carbocycles. The van der Waals surface area contributed by atoms with Crippen LogP contribution in [-0.4, -0.2) is 75.6 Å². The van der Waals surface area contributed by atoms with E-state index in [2.05, 4.69) is 25.7 Å². The van der Waals surface area contributed by atoms with E-state index >= 15 is 8.78 Å². The molecule has 0 unspecified atom stereocenters. The number of piperidine rings is 1. The van der Waals surface area contributed by atoms with Crippen LogP contribution in [-0.2, 0) is 0 Å². The molecule has 3 fully saturated rings. The molecule has 0 saturated carbocycles. The van der Waals surface area contributed by atoms with E-state index in [9.17, 15) is 9.50 Å². The number of hydrogen-bond acceptors (Lipinski definition) is 8. The number of benzene rings is 2. The Morgan fingerprint density at radius 2 is 2.07 bits per heavy atom. The van der Waals surface area contributed by atoms with Crippen LogP contribution >= 0.6 is 0 Å². The number of halogens is 3. The molecule has 44 heavy (non-hydrogen) atoms. The van der Waals surface area contributed by atoms with Gasteiger partial charge in [0.2, 0.25) is 5.88 Å². The molecule has 0 spiro atoms. The highest BCUT2D eigenvalue weighted by Gasteiger charge is 2.49. The smallest absolute Gasteiger partial charge is 0.319 e. The number of anilines is 1. The van der Waals surface area contributed by atoms with E-state index in [1.54, 1.807) is 0 Å². The van der Waals surface area contributed by atoms with Crippen LogP contribution in [0, 0.1) is 24.0 Å². The van der Waals surface area contributed by atoms with Crippen molar-refractivity contribution in [3.8, 4) is 41.2 Å². The fourth-order valence-electron chi connectivity index (χ4n) is 7.60. The number of rotatable bonds is 4. The Balaban J connectivity index is 1.34. The predicted molar refractivity (Wildman–Crippen MR) is 159 cm³/mol. The second-order valence-electron chi connectivity index (χ2n) is 12.2. The first-order valence-electron chi connectivity index (χ1n) is 15.5. The van der Waals surface area contributed by atoms with E-state index in [0.29, 0.717) is 25.3 Å². The Labute approximate surface area is 253 Å². The molecule has 1 N–H and O–H groups in total. The minimum atomic E-state index is -0.935. The van der Waals surface area contributed by atoms with Crippen molar-refractivity contribution in [1.29, 1.82) is 0 Å². The van der Waals surface area contributed by atoms with Gasteiger partial charge in [-0.3, -0.25) is 4.90 Å². The maximum atomic E-state index is 16.9. The van der Waals surface area contributed by atoms with Gasteiger partial charge in [0.1, 0.15) is 53.4 Å². The van der Waals surface area contributed by atoms with Gasteiger partial charge in [-0.2, -0.15) is 9.97 Å². The molecule has 8 nitrogen and oxygen atoms in total. The Hall–Kier alpha value is -4.30. The Morgan fingerprint density at radius 3 is 2.93 bits per heavy atom. The number of alkyl halides is 1. The van der Waals surface area contributed by atoms with Gasteiger partial charge in [-0.25, -0.2) is 18.2 Å². The van der Waals surface area contributed by atoms with Crippen molar-refractivity contribution in [2.45, 2.75) is 56.3 Å². The van der Waals surface area contributed by atoms with Crippen LogP contribution in [0.4, 0.5) is 19.0 Å². The van der Waals surface area contributed by atoms with Crippen LogP contribution in [0.15, 0.2) is 24.2 Å². The SMILES string of the molecule is [2H]c1cc(F)c(C#C)c2c(-c3nc4c5c(nc(OC[C@@]67CCCN6C[C@H](F)C7)nc5c3F)N3CCCC[C@H]3CO4)cc(O)cc12. The van der Waals surface area contributed by atoms with Crippen LogP contribution < -0.4 is 14.4 Å². The van der Waals surface area contributed by atoms with Gasteiger partial charge in [0.15, 0.2) is 5.82 Å². The standard InChI is InChI=1S/C33H30F3N5O3/c1-2-22-24(35)8-7-18-12-21(42)13-23(25(18)22)28-27(36)29-26-30(41-11-4-3-6-20(41)16-43-31(26)37-28)39-32(38-29)44-17-33-9-5-10-40(33)15-19(34)14-33/h1,7-8,12-13,19-20,42H,3-6,9-11,14-17H2/t19-,20+,33+/m1/s1/i7D. The highest BCUT2D eigenvalue weighted by atomic mass is 19.1. The number of pyridine rings is 1. The summed E-state index contributed by atoms with van der Waals surface area (Å²) in [6.07, 6.45) is 9.60. The van der Waals surface area contributed by atoms with E-state index in [-0.39, 0.29) is 81.4 Å². The second kappa shape index (κ2) is 10.1. The summed E-state index contributed by atoms with van der Waals surface area (Å²) in [5.41, 5.74) is -1.03. The third-order valence-electron chi connectivity index (χ3n) is 9.62. The van der Waals surface area contributed by atoms with Crippen molar-refractivity contribution in [3.05, 3.63) is 41.4 Å². The highest BCUT2D eigenvalue weighted by Crippen LogP contribution is 2.45. The zero-order valence-corrected chi connectivity index (χ0v) is 23.9. The van der Waals surface area contributed by atoms with Crippen molar-refractivity contribution in [3.63, 3.8) is 0 Å². The average Bonchev–Trinajstić information content (AvgIpc) is 3.50. The fraction of sp³-hybridized carbons (Fsp3) is 0.424. The van der Waals surface area contributed by atoms with Crippen LogP contribution in [0.5, 0.6) is 17.6 Å². The third-order valence-corrected chi connectivity index (χ3v) is 9.62. The molecule has 0 amide bonds. The minimum Gasteiger partial charge on any atom is -0.508 e. The number of aromatic nitrogens is 3. The van der Waals surface area contributed by atoms with Gasteiger partial charge in [-0.05, 0) is 62.2 Å². The molecule has 0 bridgehead atoms. The lowest BCUT2D eigenvalue weighted by molar-refractivity contribution is 0.107. The van der Waals surface area contributed by atoms with Crippen molar-refractivity contribution in [1.82, 2.24) is 19.9 Å². The monoisotopic (exact) mass is 602 g/mol. The molecule has 3 atom stereocenters. The molecular weight excluding hydrogens is 571 g/mol. The highest BCUT2D eigenvalue weighted by molar-refractivity contribution is 6.04. The van der Waals surface area contributed by atoms with E-state index < -0.39 is 23.3 Å². The Bertz CT molecular complexity index is 1940. The number of terminal acetylenes is 1. The number of ether oxygens (including phenoxy) is 2. The summed E-state index contributed by atoms with van der Waals surface area (Å²) in [6.45, 7) is 2.28. The van der Waals surface area contributed by atoms with Gasteiger partial charge in [-0.1, -0.05) is 12.0 Å². The molecular formula is C33H30F3N5O3. The van der Waals surface area contributed by atoms with Gasteiger partial charge < -0.3 is 19.5 Å². The zero-order valence-electron chi connectivity index (χ0n) is 24.9. The summed E-state index contributed by atoms with van der Waals surface area (Å²) in [5, 5.41) is 11.1. The van der Waals surface area contributed by atoms with Crippen LogP contribution in [0.25, 0.3) is 32.9 Å². The number of aromatic hydroxyl groups is 1. The fourth-order valence-corrected chi connectivity index (χ4v) is 7.60. The molecule has 4 aliphatic heterocycles. The van der Waals surface area contributed by atoms with E-state index in [4.69, 9.17) is 22.3 Å². The lowest BCUT2D eigenvalue weighted by Crippen LogP contribution is -2.44. The van der Waals surface area contributed by atoms with Gasteiger partial charge >= 0.3 is 6.01 Å². The van der Waals surface area contributed by atoms with E-state index in [1.165, 1.54) is 12.1 Å². The molecule has 2 aromatic heterocycles. The van der Waals surface area contributed by atoms with E-state index in [0.717, 1.165) is 44.7 Å². The van der Waals surface area contributed by atoms with Crippen LogP contribution in [0.3, 0.4) is 0 Å². The van der Waals surface area contributed by atoms with Gasteiger partial charge in [0.25, 0.3) is 0 Å². The van der Waals surface area contributed by atoms with Gasteiger partial charge in [0, 0.05) is 30.5 Å². The van der Waals surface area contributed by atoms with Crippen LogP contribution in [0.2, 0.25) is 0 Å². The summed E-state index contributed by atoms with van der Waals surface area (Å²) in [6, 6.07) is 3.18. The third kappa shape index (κ3) is 4.14. The first kappa shape index (κ1) is 26.1. The molecule has 6 heterocycles. The van der Waals surface area contributed by atoms with Gasteiger partial charge in [-0.15, -0.1) is 6.42 Å². The molecule has 0 radical (unpaired) electrons. The largest absolute Gasteiger partial charge is 0.508 e. The molecule has 3 saturated heterocycles. The molecule has 4 aliphatic rings. The molecule has 4 aromatic rings. The van der Waals surface area contributed by atoms with Crippen molar-refractivity contribution in [2.75, 3.05) is 37.7 Å². The lowest BCUT2D eigenvalue weighted by atomic mass is 9.95. The normalized spacial score (nSPS) is 24.9. The number of hydrogen-bond donors (Lipinski definition) is 1. The molecule has 8 rings (SSSR count). The van der Waals surface area contributed by atoms with Gasteiger partial charge in [0.05, 0.1) is 18.5 Å². The number of phenolic OH excluding ortho intramolecular Hbond substituents is 1. The number of nitrogens with zero attached hydrogens (tertiary/aromatic N) is 5. The molecule has 226 valence electrons. The Morgan fingerprint density at radius 1 is 1.18 bits per heavy atom. The summed E-state index contributed by atoms with van der Waals surface area (Å²) in [5.74, 6) is 0.893. The van der Waals surface area contributed by atoms with Crippen molar-refractivity contribution in [2.24, 2.45) is 0 Å². The summed E-state index contributed by atoms with van der Waals surface area (Å²) < 4.78 is 67.1. The summed E-state index contributed by atoms with van der Waals surface area (Å²) >= 11 is 0. The van der Waals surface area contributed by atoms with Crippen molar-refractivity contribution < 1.29 is 29.1 Å². The van der Waals surface area contributed by atoms with E-state index in [1.807, 2.05) is 0 Å². The maximum absolute atomic E-state index is 16.9. The average molecular weight is 603 g/mol. The number of phenols is 1. The quantitative estimate of drug-likeness (QED) is 0.306. The lowest BCUT2D eigenvalue weighted by Gasteiger charge is -2.35. The maximum Gasteiger partial charge on any atom is 0.319 e. The second-order valence-corrected chi connectivity index (χ2v) is 12.2. The molecule has 0 aliphatic carbocycles.